The molecule has 0 atom stereocenters. The molecule has 0 bridgehead atoms. The van der Waals surface area contributed by atoms with Crippen molar-refractivity contribution in [3.63, 3.8) is 0 Å². The van der Waals surface area contributed by atoms with E-state index < -0.39 is 0 Å². The first-order valence-corrected chi connectivity index (χ1v) is 8.33. The average molecular weight is 274 g/mol. The predicted molar refractivity (Wildman–Crippen MR) is 79.5 cm³/mol. The molecular weight excluding hydrogens is 248 g/mol. The highest BCUT2D eigenvalue weighted by Gasteiger charge is 2.34. The number of rotatable bonds is 8. The smallest absolute Gasteiger partial charge is 0.118 e. The number of nitrogens with one attached hydrogen (secondary N) is 1. The quantitative estimate of drug-likeness (QED) is 0.789. The number of aryl methyl sites for hydroxylation is 1. The molecule has 0 aromatic carbocycles. The van der Waals surface area contributed by atoms with Gasteiger partial charge in [-0.15, -0.1) is 0 Å². The first kappa shape index (κ1) is 12.9. The van der Waals surface area contributed by atoms with Crippen molar-refractivity contribution in [1.29, 1.82) is 0 Å². The van der Waals surface area contributed by atoms with Gasteiger partial charge in [0.25, 0.3) is 0 Å². The van der Waals surface area contributed by atoms with Crippen molar-refractivity contribution in [3.05, 3.63) is 23.2 Å². The Morgan fingerprint density at radius 2 is 2.00 bits per heavy atom. The van der Waals surface area contributed by atoms with Crippen molar-refractivity contribution in [2.75, 3.05) is 6.54 Å². The van der Waals surface area contributed by atoms with E-state index in [4.69, 9.17) is 4.42 Å². The van der Waals surface area contributed by atoms with E-state index in [2.05, 4.69) is 23.2 Å². The largest absolute Gasteiger partial charge is 0.465 e. The SMILES string of the molecule is Cc1oc(CN(CC2CC2)C2CC2)cc1CNC1CC1. The van der Waals surface area contributed by atoms with E-state index in [1.54, 1.807) is 0 Å². The summed E-state index contributed by atoms with van der Waals surface area (Å²) in [4.78, 5) is 2.66. The van der Waals surface area contributed by atoms with Crippen molar-refractivity contribution in [2.24, 2.45) is 5.92 Å². The third-order valence-electron chi connectivity index (χ3n) is 4.84. The van der Waals surface area contributed by atoms with Gasteiger partial charge in [-0.1, -0.05) is 0 Å². The molecule has 1 aromatic rings. The second-order valence-electron chi connectivity index (χ2n) is 7.05. The minimum atomic E-state index is 0.769. The van der Waals surface area contributed by atoms with Gasteiger partial charge in [0.05, 0.1) is 6.54 Å². The van der Waals surface area contributed by atoms with Gasteiger partial charge in [0.15, 0.2) is 0 Å². The van der Waals surface area contributed by atoms with Crippen LogP contribution >= 0.6 is 0 Å². The number of hydrogen-bond acceptors (Lipinski definition) is 3. The predicted octanol–water partition coefficient (Wildman–Crippen LogP) is 3.21. The fourth-order valence-corrected chi connectivity index (χ4v) is 3.00. The Labute approximate surface area is 121 Å². The summed E-state index contributed by atoms with van der Waals surface area (Å²) in [5.74, 6) is 3.25. The number of furan rings is 1. The van der Waals surface area contributed by atoms with Gasteiger partial charge in [-0.25, -0.2) is 0 Å². The van der Waals surface area contributed by atoms with Crippen molar-refractivity contribution in [1.82, 2.24) is 10.2 Å². The molecule has 3 saturated carbocycles. The maximum Gasteiger partial charge on any atom is 0.118 e. The molecule has 3 heteroatoms. The Morgan fingerprint density at radius 1 is 1.20 bits per heavy atom. The summed E-state index contributed by atoms with van der Waals surface area (Å²) < 4.78 is 6.00. The van der Waals surface area contributed by atoms with Gasteiger partial charge in [0, 0.05) is 30.7 Å². The lowest BCUT2D eigenvalue weighted by Crippen LogP contribution is -2.27. The first-order valence-electron chi connectivity index (χ1n) is 8.33. The molecule has 0 spiro atoms. The van der Waals surface area contributed by atoms with E-state index in [1.807, 2.05) is 0 Å². The standard InChI is InChI=1S/C17H26N2O/c1-12-14(9-18-15-4-5-15)8-17(20-12)11-19(16-6-7-16)10-13-2-3-13/h8,13,15-16,18H,2-7,9-11H2,1H3. The minimum Gasteiger partial charge on any atom is -0.465 e. The zero-order chi connectivity index (χ0) is 13.5. The molecule has 110 valence electrons. The lowest BCUT2D eigenvalue weighted by molar-refractivity contribution is 0.223. The van der Waals surface area contributed by atoms with E-state index in [0.717, 1.165) is 36.9 Å². The maximum absolute atomic E-state index is 6.00. The third-order valence-corrected chi connectivity index (χ3v) is 4.84. The zero-order valence-electron chi connectivity index (χ0n) is 12.5. The van der Waals surface area contributed by atoms with Gasteiger partial charge in [-0.05, 0) is 57.4 Å². The summed E-state index contributed by atoms with van der Waals surface area (Å²) >= 11 is 0. The van der Waals surface area contributed by atoms with Crippen molar-refractivity contribution < 1.29 is 4.42 Å². The van der Waals surface area contributed by atoms with Crippen LogP contribution in [0, 0.1) is 12.8 Å². The van der Waals surface area contributed by atoms with E-state index >= 15 is 0 Å². The van der Waals surface area contributed by atoms with E-state index in [-0.39, 0.29) is 0 Å². The van der Waals surface area contributed by atoms with Gasteiger partial charge in [-0.3, -0.25) is 4.90 Å². The van der Waals surface area contributed by atoms with Gasteiger partial charge in [-0.2, -0.15) is 0 Å². The highest BCUT2D eigenvalue weighted by Crippen LogP contribution is 2.36. The molecule has 20 heavy (non-hydrogen) atoms. The van der Waals surface area contributed by atoms with E-state index in [9.17, 15) is 0 Å². The van der Waals surface area contributed by atoms with Crippen molar-refractivity contribution in [2.45, 2.75) is 70.6 Å². The Balaban J connectivity index is 1.37. The summed E-state index contributed by atoms with van der Waals surface area (Å²) in [6, 6.07) is 3.90. The molecule has 1 N–H and O–H groups in total. The molecule has 0 aliphatic heterocycles. The van der Waals surface area contributed by atoms with Crippen LogP contribution in [0.3, 0.4) is 0 Å². The van der Waals surface area contributed by atoms with Gasteiger partial charge in [0.1, 0.15) is 11.5 Å². The van der Waals surface area contributed by atoms with Crippen LogP contribution in [0.2, 0.25) is 0 Å². The second-order valence-corrected chi connectivity index (χ2v) is 7.05. The third kappa shape index (κ3) is 3.26. The molecule has 3 nitrogen and oxygen atoms in total. The van der Waals surface area contributed by atoms with Crippen molar-refractivity contribution in [3.8, 4) is 0 Å². The molecule has 3 aliphatic carbocycles. The Bertz CT molecular complexity index is 469. The van der Waals surface area contributed by atoms with Crippen LogP contribution in [0.1, 0.15) is 55.6 Å². The lowest BCUT2D eigenvalue weighted by Gasteiger charge is -2.20. The zero-order valence-corrected chi connectivity index (χ0v) is 12.5. The average Bonchev–Trinajstić information content (AvgIpc) is 3.26. The lowest BCUT2D eigenvalue weighted by atomic mass is 10.2. The number of hydrogen-bond donors (Lipinski definition) is 1. The number of nitrogens with zero attached hydrogens (tertiary/aromatic N) is 1. The molecule has 1 heterocycles. The summed E-state index contributed by atoms with van der Waals surface area (Å²) in [5, 5.41) is 3.58. The maximum atomic E-state index is 6.00. The van der Waals surface area contributed by atoms with Crippen molar-refractivity contribution >= 4 is 0 Å². The molecular formula is C17H26N2O. The fraction of sp³-hybridized carbons (Fsp3) is 0.765. The van der Waals surface area contributed by atoms with Crippen LogP contribution in [-0.4, -0.2) is 23.5 Å². The molecule has 3 aliphatic rings. The molecule has 0 amide bonds. The molecule has 0 unspecified atom stereocenters. The molecule has 4 rings (SSSR count). The van der Waals surface area contributed by atoms with Gasteiger partial charge >= 0.3 is 0 Å². The van der Waals surface area contributed by atoms with Crippen LogP contribution in [0.4, 0.5) is 0 Å². The fourth-order valence-electron chi connectivity index (χ4n) is 3.00. The van der Waals surface area contributed by atoms with E-state index in [0.29, 0.717) is 0 Å². The Hall–Kier alpha value is -0.800. The molecule has 0 saturated heterocycles. The van der Waals surface area contributed by atoms with Crippen LogP contribution in [-0.2, 0) is 13.1 Å². The second kappa shape index (κ2) is 5.19. The molecule has 1 aromatic heterocycles. The topological polar surface area (TPSA) is 28.4 Å². The van der Waals surface area contributed by atoms with Crippen LogP contribution in [0.25, 0.3) is 0 Å². The first-order chi connectivity index (χ1) is 9.78. The van der Waals surface area contributed by atoms with Crippen LogP contribution in [0.5, 0.6) is 0 Å². The molecule has 0 radical (unpaired) electrons. The van der Waals surface area contributed by atoms with Crippen LogP contribution in [0.15, 0.2) is 10.5 Å². The van der Waals surface area contributed by atoms with Crippen LogP contribution < -0.4 is 5.32 Å². The Morgan fingerprint density at radius 3 is 2.65 bits per heavy atom. The van der Waals surface area contributed by atoms with Gasteiger partial charge < -0.3 is 9.73 Å². The van der Waals surface area contributed by atoms with E-state index in [1.165, 1.54) is 56.4 Å². The highest BCUT2D eigenvalue weighted by molar-refractivity contribution is 5.21. The normalized spacial score (nSPS) is 22.7. The molecule has 3 fully saturated rings. The summed E-state index contributed by atoms with van der Waals surface area (Å²) in [5.41, 5.74) is 1.36. The van der Waals surface area contributed by atoms with Gasteiger partial charge in [0.2, 0.25) is 0 Å². The monoisotopic (exact) mass is 274 g/mol. The summed E-state index contributed by atoms with van der Waals surface area (Å²) in [6.07, 6.45) is 8.36. The highest BCUT2D eigenvalue weighted by atomic mass is 16.3. The summed E-state index contributed by atoms with van der Waals surface area (Å²) in [7, 11) is 0. The minimum absolute atomic E-state index is 0.769. The Kier molecular flexibility index (Phi) is 3.35. The summed E-state index contributed by atoms with van der Waals surface area (Å²) in [6.45, 7) is 5.40.